The standard InChI is InChI=1S/C15H29NO4/c1-5-19-14(17)15(16-12(2)3)8-7-13(11-15)20-10-6-9-18-4/h12-13,16H,5-11H2,1-4H3. The third-order valence-electron chi connectivity index (χ3n) is 3.55. The minimum Gasteiger partial charge on any atom is -0.465 e. The molecule has 0 saturated heterocycles. The van der Waals surface area contributed by atoms with Crippen LogP contribution in [-0.4, -0.2) is 50.6 Å². The fraction of sp³-hybridized carbons (Fsp3) is 0.933. The van der Waals surface area contributed by atoms with Crippen LogP contribution in [0.15, 0.2) is 0 Å². The van der Waals surface area contributed by atoms with Crippen LogP contribution in [0, 0.1) is 0 Å². The van der Waals surface area contributed by atoms with E-state index in [1.54, 1.807) is 7.11 Å². The van der Waals surface area contributed by atoms with Crippen LogP contribution in [0.2, 0.25) is 0 Å². The predicted molar refractivity (Wildman–Crippen MR) is 77.7 cm³/mol. The van der Waals surface area contributed by atoms with Crippen molar-refractivity contribution in [2.75, 3.05) is 26.9 Å². The van der Waals surface area contributed by atoms with Crippen LogP contribution in [0.5, 0.6) is 0 Å². The summed E-state index contributed by atoms with van der Waals surface area (Å²) in [6, 6.07) is 0.242. The lowest BCUT2D eigenvalue weighted by molar-refractivity contribution is -0.151. The van der Waals surface area contributed by atoms with Crippen LogP contribution < -0.4 is 5.32 Å². The van der Waals surface area contributed by atoms with Gasteiger partial charge in [0, 0.05) is 32.8 Å². The van der Waals surface area contributed by atoms with Gasteiger partial charge >= 0.3 is 5.97 Å². The van der Waals surface area contributed by atoms with Gasteiger partial charge in [0.15, 0.2) is 0 Å². The lowest BCUT2D eigenvalue weighted by Gasteiger charge is -2.30. The summed E-state index contributed by atoms with van der Waals surface area (Å²) in [5.41, 5.74) is -0.573. The minimum absolute atomic E-state index is 0.127. The molecule has 5 heteroatoms. The number of carbonyl (C=O) groups is 1. The number of ether oxygens (including phenoxy) is 3. The quantitative estimate of drug-likeness (QED) is 0.518. The number of nitrogens with one attached hydrogen (secondary N) is 1. The lowest BCUT2D eigenvalue weighted by Crippen LogP contribution is -2.54. The molecule has 0 aliphatic heterocycles. The van der Waals surface area contributed by atoms with Crippen molar-refractivity contribution in [1.29, 1.82) is 0 Å². The Bertz CT molecular complexity index is 296. The van der Waals surface area contributed by atoms with E-state index in [9.17, 15) is 4.79 Å². The summed E-state index contributed by atoms with van der Waals surface area (Å²) in [5.74, 6) is -0.142. The highest BCUT2D eigenvalue weighted by Crippen LogP contribution is 2.33. The van der Waals surface area contributed by atoms with Gasteiger partial charge in [-0.2, -0.15) is 0 Å². The molecule has 2 unspecified atom stereocenters. The normalized spacial score (nSPS) is 26.1. The van der Waals surface area contributed by atoms with Gasteiger partial charge in [0.1, 0.15) is 5.54 Å². The van der Waals surface area contributed by atoms with E-state index < -0.39 is 5.54 Å². The predicted octanol–water partition coefficient (Wildman–Crippen LogP) is 1.89. The van der Waals surface area contributed by atoms with Gasteiger partial charge in [-0.3, -0.25) is 10.1 Å². The Morgan fingerprint density at radius 2 is 2.15 bits per heavy atom. The third kappa shape index (κ3) is 5.04. The van der Waals surface area contributed by atoms with Crippen LogP contribution >= 0.6 is 0 Å². The molecule has 1 aliphatic rings. The maximum atomic E-state index is 12.3. The van der Waals surface area contributed by atoms with Gasteiger partial charge in [-0.15, -0.1) is 0 Å². The average molecular weight is 287 g/mol. The summed E-state index contributed by atoms with van der Waals surface area (Å²) in [5, 5.41) is 3.39. The van der Waals surface area contributed by atoms with E-state index in [2.05, 4.69) is 5.32 Å². The Balaban J connectivity index is 2.53. The summed E-state index contributed by atoms with van der Waals surface area (Å²) < 4.78 is 16.1. The van der Waals surface area contributed by atoms with E-state index in [1.165, 1.54) is 0 Å². The van der Waals surface area contributed by atoms with Crippen LogP contribution in [0.3, 0.4) is 0 Å². The van der Waals surface area contributed by atoms with Gasteiger partial charge in [-0.1, -0.05) is 0 Å². The van der Waals surface area contributed by atoms with Crippen LogP contribution in [0.1, 0.15) is 46.5 Å². The topological polar surface area (TPSA) is 56.8 Å². The molecule has 1 aliphatic carbocycles. The van der Waals surface area contributed by atoms with Gasteiger partial charge in [0.05, 0.1) is 12.7 Å². The Labute approximate surface area is 122 Å². The van der Waals surface area contributed by atoms with Gasteiger partial charge in [-0.05, 0) is 40.0 Å². The second-order valence-electron chi connectivity index (χ2n) is 5.68. The van der Waals surface area contributed by atoms with Crippen molar-refractivity contribution in [3.05, 3.63) is 0 Å². The maximum Gasteiger partial charge on any atom is 0.326 e. The Morgan fingerprint density at radius 3 is 2.75 bits per heavy atom. The highest BCUT2D eigenvalue weighted by Gasteiger charge is 2.47. The van der Waals surface area contributed by atoms with Gasteiger partial charge in [0.2, 0.25) is 0 Å². The molecule has 20 heavy (non-hydrogen) atoms. The third-order valence-corrected chi connectivity index (χ3v) is 3.55. The van der Waals surface area contributed by atoms with E-state index in [4.69, 9.17) is 14.2 Å². The van der Waals surface area contributed by atoms with E-state index in [0.29, 0.717) is 26.2 Å². The number of carbonyl (C=O) groups excluding carboxylic acids is 1. The number of esters is 1. The summed E-state index contributed by atoms with van der Waals surface area (Å²) in [6.45, 7) is 7.74. The number of methoxy groups -OCH3 is 1. The van der Waals surface area contributed by atoms with Crippen molar-refractivity contribution in [3.8, 4) is 0 Å². The Morgan fingerprint density at radius 1 is 1.40 bits per heavy atom. The molecule has 0 spiro atoms. The second kappa shape index (κ2) is 8.60. The van der Waals surface area contributed by atoms with Crippen molar-refractivity contribution >= 4 is 5.97 Å². The van der Waals surface area contributed by atoms with Crippen molar-refractivity contribution in [1.82, 2.24) is 5.32 Å². The average Bonchev–Trinajstić information content (AvgIpc) is 2.79. The smallest absolute Gasteiger partial charge is 0.326 e. The first kappa shape index (κ1) is 17.4. The molecule has 0 amide bonds. The first-order valence-corrected chi connectivity index (χ1v) is 7.59. The first-order valence-electron chi connectivity index (χ1n) is 7.59. The monoisotopic (exact) mass is 287 g/mol. The first-order chi connectivity index (χ1) is 9.54. The molecule has 0 aromatic heterocycles. The Hall–Kier alpha value is -0.650. The molecule has 118 valence electrons. The van der Waals surface area contributed by atoms with Crippen molar-refractivity contribution in [3.63, 3.8) is 0 Å². The second-order valence-corrected chi connectivity index (χ2v) is 5.68. The zero-order valence-corrected chi connectivity index (χ0v) is 13.2. The summed E-state index contributed by atoms with van der Waals surface area (Å²) in [7, 11) is 1.69. The molecule has 0 aromatic carbocycles. The van der Waals surface area contributed by atoms with E-state index in [1.807, 2.05) is 20.8 Å². The van der Waals surface area contributed by atoms with E-state index in [0.717, 1.165) is 19.3 Å². The van der Waals surface area contributed by atoms with E-state index in [-0.39, 0.29) is 18.1 Å². The zero-order valence-electron chi connectivity index (χ0n) is 13.2. The molecule has 1 N–H and O–H groups in total. The van der Waals surface area contributed by atoms with Gasteiger partial charge < -0.3 is 14.2 Å². The molecule has 2 atom stereocenters. The fourth-order valence-electron chi connectivity index (χ4n) is 2.79. The number of rotatable bonds is 9. The molecule has 0 bridgehead atoms. The van der Waals surface area contributed by atoms with Crippen LogP contribution in [0.4, 0.5) is 0 Å². The summed E-state index contributed by atoms with van der Waals surface area (Å²) in [4.78, 5) is 12.3. The minimum atomic E-state index is -0.573. The van der Waals surface area contributed by atoms with Gasteiger partial charge in [0.25, 0.3) is 0 Å². The molecule has 0 aromatic rings. The van der Waals surface area contributed by atoms with Crippen LogP contribution in [0.25, 0.3) is 0 Å². The SMILES string of the molecule is CCOC(=O)C1(NC(C)C)CCC(OCCCOC)C1. The molecule has 0 heterocycles. The fourth-order valence-corrected chi connectivity index (χ4v) is 2.79. The number of hydrogen-bond donors (Lipinski definition) is 1. The summed E-state index contributed by atoms with van der Waals surface area (Å²) in [6.07, 6.45) is 3.38. The summed E-state index contributed by atoms with van der Waals surface area (Å²) >= 11 is 0. The van der Waals surface area contributed by atoms with Crippen molar-refractivity contribution in [2.24, 2.45) is 0 Å². The van der Waals surface area contributed by atoms with E-state index >= 15 is 0 Å². The number of hydrogen-bond acceptors (Lipinski definition) is 5. The highest BCUT2D eigenvalue weighted by molar-refractivity contribution is 5.81. The van der Waals surface area contributed by atoms with Gasteiger partial charge in [-0.25, -0.2) is 0 Å². The van der Waals surface area contributed by atoms with Crippen molar-refractivity contribution in [2.45, 2.75) is 64.1 Å². The Kier molecular flexibility index (Phi) is 7.48. The maximum absolute atomic E-state index is 12.3. The molecular weight excluding hydrogens is 258 g/mol. The molecular formula is C15H29NO4. The molecule has 1 saturated carbocycles. The molecule has 1 rings (SSSR count). The molecule has 0 radical (unpaired) electrons. The molecule has 1 fully saturated rings. The van der Waals surface area contributed by atoms with Crippen molar-refractivity contribution < 1.29 is 19.0 Å². The zero-order chi connectivity index (χ0) is 15.0. The largest absolute Gasteiger partial charge is 0.465 e. The lowest BCUT2D eigenvalue weighted by atomic mass is 9.96. The molecule has 5 nitrogen and oxygen atoms in total. The van der Waals surface area contributed by atoms with Crippen LogP contribution in [-0.2, 0) is 19.0 Å². The highest BCUT2D eigenvalue weighted by atomic mass is 16.5.